The molecule has 0 fully saturated rings. The molecule has 0 bridgehead atoms. The molecule has 29 heavy (non-hydrogen) atoms. The van der Waals surface area contributed by atoms with Crippen molar-refractivity contribution in [2.24, 2.45) is 0 Å². The van der Waals surface area contributed by atoms with Crippen molar-refractivity contribution < 1.29 is 14.6 Å². The van der Waals surface area contributed by atoms with Gasteiger partial charge in [0.05, 0.1) is 6.04 Å². The molecule has 1 unspecified atom stereocenters. The van der Waals surface area contributed by atoms with Crippen LogP contribution in [-0.2, 0) is 0 Å². The third-order valence-corrected chi connectivity index (χ3v) is 5.07. The standard InChI is InChI=1S/C22H16ClN3O3/c23-15-7-9-24-19(11-15)26-20(14-4-6-17-18(10-14)29-12-28-17)16-5-3-13-2-1-8-25-21(13)22(16)27/h1-11,20,27H,12H2,(H,24,26). The molecule has 0 radical (unpaired) electrons. The number of fused-ring (bicyclic) bond motifs is 2. The smallest absolute Gasteiger partial charge is 0.231 e. The van der Waals surface area contributed by atoms with E-state index in [1.54, 1.807) is 24.5 Å². The monoisotopic (exact) mass is 405 g/mol. The summed E-state index contributed by atoms with van der Waals surface area (Å²) in [5, 5.41) is 15.8. The highest BCUT2D eigenvalue weighted by Gasteiger charge is 2.23. The van der Waals surface area contributed by atoms with Crippen LogP contribution < -0.4 is 14.8 Å². The lowest BCUT2D eigenvalue weighted by molar-refractivity contribution is 0.174. The Morgan fingerprint density at radius 2 is 1.86 bits per heavy atom. The number of pyridine rings is 2. The Morgan fingerprint density at radius 3 is 2.76 bits per heavy atom. The summed E-state index contributed by atoms with van der Waals surface area (Å²) in [5.41, 5.74) is 2.08. The Labute approximate surface area is 171 Å². The minimum absolute atomic E-state index is 0.111. The van der Waals surface area contributed by atoms with Crippen LogP contribution in [0.25, 0.3) is 10.9 Å². The normalized spacial score (nSPS) is 13.4. The largest absolute Gasteiger partial charge is 0.505 e. The van der Waals surface area contributed by atoms with E-state index in [0.717, 1.165) is 10.9 Å². The van der Waals surface area contributed by atoms with E-state index in [0.29, 0.717) is 33.4 Å². The zero-order valence-corrected chi connectivity index (χ0v) is 15.9. The third kappa shape index (κ3) is 3.28. The van der Waals surface area contributed by atoms with Gasteiger partial charge >= 0.3 is 0 Å². The first-order valence-corrected chi connectivity index (χ1v) is 9.41. The molecule has 0 saturated heterocycles. The van der Waals surface area contributed by atoms with Crippen LogP contribution in [0.15, 0.2) is 67.0 Å². The molecule has 144 valence electrons. The van der Waals surface area contributed by atoms with E-state index in [-0.39, 0.29) is 12.5 Å². The molecular formula is C22H16ClN3O3. The van der Waals surface area contributed by atoms with Crippen LogP contribution in [0.5, 0.6) is 17.2 Å². The fraction of sp³-hybridized carbons (Fsp3) is 0.0909. The lowest BCUT2D eigenvalue weighted by atomic mass is 9.96. The minimum Gasteiger partial charge on any atom is -0.505 e. The highest BCUT2D eigenvalue weighted by atomic mass is 35.5. The van der Waals surface area contributed by atoms with Crippen LogP contribution >= 0.6 is 11.6 Å². The molecule has 0 spiro atoms. The summed E-state index contributed by atoms with van der Waals surface area (Å²) in [6, 6.07) is 16.3. The molecule has 5 rings (SSSR count). The molecule has 3 heterocycles. The quantitative estimate of drug-likeness (QED) is 0.502. The summed E-state index contributed by atoms with van der Waals surface area (Å²) >= 11 is 6.13. The van der Waals surface area contributed by atoms with Crippen molar-refractivity contribution in [2.75, 3.05) is 12.1 Å². The molecule has 1 atom stereocenters. The molecule has 0 aliphatic carbocycles. The number of halogens is 1. The van der Waals surface area contributed by atoms with Crippen LogP contribution in [0.1, 0.15) is 17.2 Å². The Hall–Kier alpha value is -3.51. The predicted molar refractivity (Wildman–Crippen MR) is 111 cm³/mol. The molecule has 2 aromatic heterocycles. The number of phenols is 1. The van der Waals surface area contributed by atoms with Crippen molar-refractivity contribution in [3.63, 3.8) is 0 Å². The zero-order valence-electron chi connectivity index (χ0n) is 15.2. The lowest BCUT2D eigenvalue weighted by Crippen LogP contribution is -2.13. The van der Waals surface area contributed by atoms with Gasteiger partial charge in [0.1, 0.15) is 17.1 Å². The van der Waals surface area contributed by atoms with Crippen LogP contribution in [0.2, 0.25) is 5.02 Å². The Kier molecular flexibility index (Phi) is 4.33. The number of rotatable bonds is 4. The number of hydrogen-bond acceptors (Lipinski definition) is 6. The number of hydrogen-bond donors (Lipinski definition) is 2. The molecule has 1 aliphatic heterocycles. The van der Waals surface area contributed by atoms with E-state index >= 15 is 0 Å². The van der Waals surface area contributed by atoms with E-state index in [1.165, 1.54) is 0 Å². The second-order valence-electron chi connectivity index (χ2n) is 6.63. The van der Waals surface area contributed by atoms with Crippen LogP contribution in [0.3, 0.4) is 0 Å². The Morgan fingerprint density at radius 1 is 0.966 bits per heavy atom. The number of phenolic OH excluding ortho intramolecular Hbond substituents is 1. The lowest BCUT2D eigenvalue weighted by Gasteiger charge is -2.22. The second-order valence-corrected chi connectivity index (χ2v) is 7.06. The fourth-order valence-electron chi connectivity index (χ4n) is 3.44. The van der Waals surface area contributed by atoms with Gasteiger partial charge in [-0.25, -0.2) is 4.98 Å². The first-order valence-electron chi connectivity index (χ1n) is 9.03. The van der Waals surface area contributed by atoms with Crippen molar-refractivity contribution >= 4 is 28.3 Å². The summed E-state index contributed by atoms with van der Waals surface area (Å²) in [7, 11) is 0. The van der Waals surface area contributed by atoms with Crippen molar-refractivity contribution in [1.29, 1.82) is 0 Å². The highest BCUT2D eigenvalue weighted by Crippen LogP contribution is 2.40. The minimum atomic E-state index is -0.415. The van der Waals surface area contributed by atoms with Gasteiger partial charge in [0.25, 0.3) is 0 Å². The summed E-state index contributed by atoms with van der Waals surface area (Å²) in [4.78, 5) is 8.68. The number of ether oxygens (including phenoxy) is 2. The van der Waals surface area contributed by atoms with Gasteiger partial charge in [-0.05, 0) is 35.9 Å². The molecular weight excluding hydrogens is 390 g/mol. The third-order valence-electron chi connectivity index (χ3n) is 4.83. The Bertz CT molecular complexity index is 1220. The average molecular weight is 406 g/mol. The van der Waals surface area contributed by atoms with Gasteiger partial charge in [-0.3, -0.25) is 4.98 Å². The van der Waals surface area contributed by atoms with Gasteiger partial charge in [-0.1, -0.05) is 35.9 Å². The van der Waals surface area contributed by atoms with Crippen molar-refractivity contribution in [2.45, 2.75) is 6.04 Å². The van der Waals surface area contributed by atoms with Crippen LogP contribution in [0, 0.1) is 0 Å². The molecule has 2 N–H and O–H groups in total. The van der Waals surface area contributed by atoms with Gasteiger partial charge in [-0.2, -0.15) is 0 Å². The maximum absolute atomic E-state index is 11.0. The van der Waals surface area contributed by atoms with E-state index in [2.05, 4.69) is 15.3 Å². The molecule has 4 aromatic rings. The van der Waals surface area contributed by atoms with E-state index < -0.39 is 6.04 Å². The predicted octanol–water partition coefficient (Wildman–Crippen LogP) is 4.92. The first-order chi connectivity index (χ1) is 14.2. The first kappa shape index (κ1) is 17.6. The molecule has 1 aliphatic rings. The molecule has 0 saturated carbocycles. The van der Waals surface area contributed by atoms with E-state index in [9.17, 15) is 5.11 Å². The number of nitrogens with one attached hydrogen (secondary N) is 1. The average Bonchev–Trinajstić information content (AvgIpc) is 3.21. The Balaban J connectivity index is 1.65. The summed E-state index contributed by atoms with van der Waals surface area (Å²) in [6.07, 6.45) is 3.29. The van der Waals surface area contributed by atoms with Crippen molar-refractivity contribution in [3.05, 3.63) is 83.1 Å². The SMILES string of the molecule is Oc1c(C(Nc2cc(Cl)ccn2)c2ccc3c(c2)OCO3)ccc2cccnc12. The van der Waals surface area contributed by atoms with Crippen LogP contribution in [0.4, 0.5) is 5.82 Å². The van der Waals surface area contributed by atoms with Crippen LogP contribution in [-0.4, -0.2) is 21.9 Å². The maximum Gasteiger partial charge on any atom is 0.231 e. The van der Waals surface area contributed by atoms with Gasteiger partial charge in [0, 0.05) is 28.4 Å². The van der Waals surface area contributed by atoms with Gasteiger partial charge in [0.2, 0.25) is 6.79 Å². The number of benzene rings is 2. The second kappa shape index (κ2) is 7.14. The van der Waals surface area contributed by atoms with Crippen molar-refractivity contribution in [1.82, 2.24) is 9.97 Å². The fourth-order valence-corrected chi connectivity index (χ4v) is 3.60. The van der Waals surface area contributed by atoms with Gasteiger partial charge in [0.15, 0.2) is 11.5 Å². The topological polar surface area (TPSA) is 76.5 Å². The number of aromatic hydroxyl groups is 1. The molecule has 2 aromatic carbocycles. The number of nitrogens with zero attached hydrogens (tertiary/aromatic N) is 2. The summed E-state index contributed by atoms with van der Waals surface area (Å²) < 4.78 is 11.0. The van der Waals surface area contributed by atoms with E-state index in [1.807, 2.05) is 42.5 Å². The zero-order chi connectivity index (χ0) is 19.8. The van der Waals surface area contributed by atoms with Gasteiger partial charge < -0.3 is 19.9 Å². The van der Waals surface area contributed by atoms with Gasteiger partial charge in [-0.15, -0.1) is 0 Å². The molecule has 6 nitrogen and oxygen atoms in total. The summed E-state index contributed by atoms with van der Waals surface area (Å²) in [5.74, 6) is 2.05. The number of aromatic nitrogens is 2. The molecule has 0 amide bonds. The van der Waals surface area contributed by atoms with E-state index in [4.69, 9.17) is 21.1 Å². The number of anilines is 1. The summed E-state index contributed by atoms with van der Waals surface area (Å²) in [6.45, 7) is 0.192. The molecule has 7 heteroatoms. The highest BCUT2D eigenvalue weighted by molar-refractivity contribution is 6.30. The van der Waals surface area contributed by atoms with Crippen molar-refractivity contribution in [3.8, 4) is 17.2 Å². The maximum atomic E-state index is 11.0.